The van der Waals surface area contributed by atoms with Gasteiger partial charge in [-0.2, -0.15) is 0 Å². The molecule has 0 saturated heterocycles. The summed E-state index contributed by atoms with van der Waals surface area (Å²) in [5.74, 6) is -0.324. The molecule has 5 nitrogen and oxygen atoms in total. The first-order valence-corrected chi connectivity index (χ1v) is 8.87. The second-order valence-corrected chi connectivity index (χ2v) is 6.58. The molecule has 2 N–H and O–H groups in total. The zero-order valence-electron chi connectivity index (χ0n) is 14.8. The van der Waals surface area contributed by atoms with Gasteiger partial charge in [-0.1, -0.05) is 42.5 Å². The van der Waals surface area contributed by atoms with Crippen LogP contribution in [0.1, 0.15) is 0 Å². The molecule has 0 amide bonds. The molecule has 0 saturated carbocycles. The number of hydrogen-bond donors (Lipinski definition) is 2. The normalized spacial score (nSPS) is 11.1. The minimum atomic E-state index is -0.552. The predicted octanol–water partition coefficient (Wildman–Crippen LogP) is 4.51. The van der Waals surface area contributed by atoms with Crippen LogP contribution in [-0.4, -0.2) is 20.1 Å². The average molecular weight is 365 g/mol. The average Bonchev–Trinajstić information content (AvgIpc) is 2.74. The van der Waals surface area contributed by atoms with Crippen molar-refractivity contribution in [2.75, 3.05) is 0 Å². The SMILES string of the molecule is O=c1[nH]c2nc(-c3ccccc3)c(-c3ccc4ncccc4c3)cc2cc1O. The summed E-state index contributed by atoms with van der Waals surface area (Å²) in [7, 11) is 0. The van der Waals surface area contributed by atoms with Crippen LogP contribution in [0.4, 0.5) is 0 Å². The molecule has 3 heterocycles. The maximum atomic E-state index is 11.8. The van der Waals surface area contributed by atoms with E-state index in [0.29, 0.717) is 11.0 Å². The van der Waals surface area contributed by atoms with Crippen LogP contribution in [0.3, 0.4) is 0 Å². The van der Waals surface area contributed by atoms with Crippen molar-refractivity contribution in [2.45, 2.75) is 0 Å². The minimum absolute atomic E-state index is 0.324. The van der Waals surface area contributed by atoms with Gasteiger partial charge in [0, 0.05) is 28.1 Å². The smallest absolute Gasteiger partial charge is 0.291 e. The van der Waals surface area contributed by atoms with E-state index in [1.54, 1.807) is 6.20 Å². The molecule has 5 aromatic rings. The van der Waals surface area contributed by atoms with Gasteiger partial charge in [0.1, 0.15) is 5.65 Å². The molecule has 0 aliphatic rings. The molecule has 0 spiro atoms. The van der Waals surface area contributed by atoms with Crippen molar-refractivity contribution in [3.8, 4) is 28.1 Å². The molecule has 2 aromatic carbocycles. The van der Waals surface area contributed by atoms with Crippen LogP contribution in [0.5, 0.6) is 5.75 Å². The van der Waals surface area contributed by atoms with E-state index in [-0.39, 0.29) is 5.75 Å². The molecule has 0 fully saturated rings. The molecule has 0 radical (unpaired) electrons. The molecule has 5 rings (SSSR count). The topological polar surface area (TPSA) is 78.9 Å². The predicted molar refractivity (Wildman–Crippen MR) is 110 cm³/mol. The molecule has 28 heavy (non-hydrogen) atoms. The quantitative estimate of drug-likeness (QED) is 0.482. The van der Waals surface area contributed by atoms with E-state index in [2.05, 4.69) is 16.0 Å². The number of H-pyrrole nitrogens is 1. The van der Waals surface area contributed by atoms with Crippen LogP contribution in [0.15, 0.2) is 83.8 Å². The largest absolute Gasteiger partial charge is 0.503 e. The lowest BCUT2D eigenvalue weighted by molar-refractivity contribution is 0.468. The summed E-state index contributed by atoms with van der Waals surface area (Å²) in [5, 5.41) is 11.5. The second-order valence-electron chi connectivity index (χ2n) is 6.58. The fourth-order valence-corrected chi connectivity index (χ4v) is 3.40. The van der Waals surface area contributed by atoms with Gasteiger partial charge in [0.25, 0.3) is 5.56 Å². The third-order valence-corrected chi connectivity index (χ3v) is 4.77. The van der Waals surface area contributed by atoms with Crippen molar-refractivity contribution in [1.29, 1.82) is 0 Å². The molecule has 0 unspecified atom stereocenters. The number of nitrogens with one attached hydrogen (secondary N) is 1. The third kappa shape index (κ3) is 2.70. The van der Waals surface area contributed by atoms with Crippen LogP contribution < -0.4 is 5.56 Å². The highest BCUT2D eigenvalue weighted by molar-refractivity contribution is 5.93. The van der Waals surface area contributed by atoms with E-state index >= 15 is 0 Å². The van der Waals surface area contributed by atoms with Gasteiger partial charge in [-0.3, -0.25) is 9.78 Å². The zero-order valence-corrected chi connectivity index (χ0v) is 14.8. The molecule has 0 bridgehead atoms. The zero-order chi connectivity index (χ0) is 19.1. The molecule has 0 aliphatic heterocycles. The lowest BCUT2D eigenvalue weighted by atomic mass is 9.97. The fraction of sp³-hybridized carbons (Fsp3) is 0. The standard InChI is InChI=1S/C23H15N3O2/c27-20-13-17-12-18(15-8-9-19-16(11-15)7-4-10-24-19)21(14-5-2-1-3-6-14)25-22(17)26-23(20)28/h1-13,27H,(H,25,26,28). The Kier molecular flexibility index (Phi) is 3.66. The van der Waals surface area contributed by atoms with Crippen LogP contribution in [0.25, 0.3) is 44.3 Å². The molecule has 5 heteroatoms. The van der Waals surface area contributed by atoms with Crippen molar-refractivity contribution in [3.63, 3.8) is 0 Å². The molecule has 0 atom stereocenters. The summed E-state index contributed by atoms with van der Waals surface area (Å²) >= 11 is 0. The number of aromatic hydroxyl groups is 1. The Morgan fingerprint density at radius 1 is 0.821 bits per heavy atom. The molecule has 134 valence electrons. The third-order valence-electron chi connectivity index (χ3n) is 4.77. The van der Waals surface area contributed by atoms with Gasteiger partial charge in [-0.25, -0.2) is 4.98 Å². The summed E-state index contributed by atoms with van der Waals surface area (Å²) in [6.45, 7) is 0. The lowest BCUT2D eigenvalue weighted by Gasteiger charge is -2.12. The van der Waals surface area contributed by atoms with E-state index in [1.165, 1.54) is 6.07 Å². The van der Waals surface area contributed by atoms with Gasteiger partial charge in [-0.15, -0.1) is 0 Å². The van der Waals surface area contributed by atoms with Crippen molar-refractivity contribution in [1.82, 2.24) is 15.0 Å². The van der Waals surface area contributed by atoms with Crippen LogP contribution in [0, 0.1) is 0 Å². The molecule has 0 aliphatic carbocycles. The number of hydrogen-bond acceptors (Lipinski definition) is 4. The van der Waals surface area contributed by atoms with Crippen LogP contribution in [0.2, 0.25) is 0 Å². The summed E-state index contributed by atoms with van der Waals surface area (Å²) in [4.78, 5) is 23.6. The maximum absolute atomic E-state index is 11.8. The van der Waals surface area contributed by atoms with Crippen molar-refractivity contribution < 1.29 is 5.11 Å². The van der Waals surface area contributed by atoms with Gasteiger partial charge in [-0.05, 0) is 35.9 Å². The van der Waals surface area contributed by atoms with Crippen LogP contribution in [-0.2, 0) is 0 Å². The Morgan fingerprint density at radius 3 is 2.54 bits per heavy atom. The highest BCUT2D eigenvalue weighted by atomic mass is 16.3. The Hall–Kier alpha value is -3.99. The van der Waals surface area contributed by atoms with E-state index in [1.807, 2.05) is 60.7 Å². The highest BCUT2D eigenvalue weighted by Crippen LogP contribution is 2.34. The number of benzene rings is 2. The summed E-state index contributed by atoms with van der Waals surface area (Å²) in [6.07, 6.45) is 1.77. The van der Waals surface area contributed by atoms with E-state index in [9.17, 15) is 9.90 Å². The highest BCUT2D eigenvalue weighted by Gasteiger charge is 2.13. The Balaban J connectivity index is 1.84. The van der Waals surface area contributed by atoms with Gasteiger partial charge >= 0.3 is 0 Å². The fourth-order valence-electron chi connectivity index (χ4n) is 3.40. The minimum Gasteiger partial charge on any atom is -0.503 e. The van der Waals surface area contributed by atoms with Crippen molar-refractivity contribution in [2.24, 2.45) is 0 Å². The lowest BCUT2D eigenvalue weighted by Crippen LogP contribution is -2.06. The number of pyridine rings is 3. The first-order chi connectivity index (χ1) is 13.7. The number of fused-ring (bicyclic) bond motifs is 2. The van der Waals surface area contributed by atoms with Gasteiger partial charge in [0.2, 0.25) is 0 Å². The Labute approximate surface area is 160 Å². The number of rotatable bonds is 2. The maximum Gasteiger partial charge on any atom is 0.291 e. The summed E-state index contributed by atoms with van der Waals surface area (Å²) in [5.41, 5.74) is 4.41. The van der Waals surface area contributed by atoms with Crippen molar-refractivity contribution in [3.05, 3.63) is 89.3 Å². The van der Waals surface area contributed by atoms with E-state index < -0.39 is 5.56 Å². The Bertz CT molecular complexity index is 1390. The monoisotopic (exact) mass is 365 g/mol. The van der Waals surface area contributed by atoms with Crippen LogP contribution >= 0.6 is 0 Å². The summed E-state index contributed by atoms with van der Waals surface area (Å²) in [6, 6.07) is 23.2. The summed E-state index contributed by atoms with van der Waals surface area (Å²) < 4.78 is 0. The number of aromatic nitrogens is 3. The first kappa shape index (κ1) is 16.2. The number of nitrogens with zero attached hydrogens (tertiary/aromatic N) is 2. The van der Waals surface area contributed by atoms with Gasteiger partial charge in [0.05, 0.1) is 11.2 Å². The van der Waals surface area contributed by atoms with Gasteiger partial charge in [0.15, 0.2) is 5.75 Å². The van der Waals surface area contributed by atoms with E-state index in [0.717, 1.165) is 33.3 Å². The molecule has 3 aromatic heterocycles. The first-order valence-electron chi connectivity index (χ1n) is 8.87. The molecular weight excluding hydrogens is 350 g/mol. The van der Waals surface area contributed by atoms with E-state index in [4.69, 9.17) is 4.98 Å². The second kappa shape index (κ2) is 6.32. The van der Waals surface area contributed by atoms with Gasteiger partial charge < -0.3 is 10.1 Å². The number of aromatic amines is 1. The van der Waals surface area contributed by atoms with Crippen molar-refractivity contribution >= 4 is 21.9 Å². The molecular formula is C23H15N3O2. The Morgan fingerprint density at radius 2 is 1.68 bits per heavy atom.